The second kappa shape index (κ2) is 30.1. The van der Waals surface area contributed by atoms with Crippen LogP contribution in [0.3, 0.4) is 0 Å². The minimum atomic E-state index is -0.0285. The normalized spacial score (nSPS) is 27.2. The molecule has 366 valence electrons. The van der Waals surface area contributed by atoms with Crippen molar-refractivity contribution in [1.29, 1.82) is 0 Å². The number of unbranched alkanes of at least 4 members (excludes halogenated alkanes) is 16. The van der Waals surface area contributed by atoms with Gasteiger partial charge in [0.25, 0.3) is 0 Å². The van der Waals surface area contributed by atoms with Gasteiger partial charge in [-0.3, -0.25) is 9.59 Å². The zero-order chi connectivity index (χ0) is 45.3. The molecule has 0 amide bonds. The topological polar surface area (TPSA) is 76.1 Å². The minimum Gasteiger partial charge on any atom is -0.466 e. The highest BCUT2D eigenvalue weighted by Crippen LogP contribution is 2.67. The third kappa shape index (κ3) is 18.3. The number of esters is 2. The molecular weight excluding hydrogens is 779 g/mol. The van der Waals surface area contributed by atoms with Gasteiger partial charge in [-0.15, -0.1) is 0 Å². The summed E-state index contributed by atoms with van der Waals surface area (Å²) < 4.78 is 11.7. The molecule has 0 aromatic rings. The van der Waals surface area contributed by atoms with Crippen LogP contribution in [-0.4, -0.2) is 60.9 Å². The molecule has 4 aliphatic carbocycles. The van der Waals surface area contributed by atoms with Gasteiger partial charge in [0.05, 0.1) is 6.61 Å². The summed E-state index contributed by atoms with van der Waals surface area (Å²) in [6, 6.07) is 0. The van der Waals surface area contributed by atoms with Crippen molar-refractivity contribution in [2.45, 2.75) is 260 Å². The van der Waals surface area contributed by atoms with Crippen molar-refractivity contribution in [3.05, 3.63) is 11.6 Å². The van der Waals surface area contributed by atoms with E-state index in [-0.39, 0.29) is 30.1 Å². The Morgan fingerprint density at radius 1 is 0.683 bits per heavy atom. The molecule has 4 aliphatic rings. The number of ether oxygens (including phenoxy) is 2. The lowest BCUT2D eigenvalue weighted by Crippen LogP contribution is -2.51. The highest BCUT2D eigenvalue weighted by Gasteiger charge is 2.59. The molecular formula is C57H103NO5. The molecule has 3 fully saturated rings. The third-order valence-electron chi connectivity index (χ3n) is 17.4. The maximum absolute atomic E-state index is 13.1. The van der Waals surface area contributed by atoms with Crippen LogP contribution in [0.1, 0.15) is 253 Å². The van der Waals surface area contributed by atoms with Gasteiger partial charge in [0.2, 0.25) is 0 Å². The van der Waals surface area contributed by atoms with E-state index >= 15 is 0 Å². The van der Waals surface area contributed by atoms with Crippen LogP contribution in [-0.2, 0) is 19.1 Å². The highest BCUT2D eigenvalue weighted by molar-refractivity contribution is 5.69. The number of carbonyl (C=O) groups is 2. The van der Waals surface area contributed by atoms with E-state index in [2.05, 4.69) is 52.5 Å². The molecule has 6 nitrogen and oxygen atoms in total. The number of hydrogen-bond donors (Lipinski definition) is 1. The average molecular weight is 882 g/mol. The predicted molar refractivity (Wildman–Crippen MR) is 265 cm³/mol. The van der Waals surface area contributed by atoms with E-state index in [9.17, 15) is 14.7 Å². The summed E-state index contributed by atoms with van der Waals surface area (Å²) in [7, 11) is 0. The molecule has 0 bridgehead atoms. The molecule has 0 saturated heterocycles. The van der Waals surface area contributed by atoms with Crippen molar-refractivity contribution in [2.24, 2.45) is 46.3 Å². The Bertz CT molecular complexity index is 1280. The van der Waals surface area contributed by atoms with Crippen LogP contribution in [0.25, 0.3) is 0 Å². The van der Waals surface area contributed by atoms with E-state index in [0.717, 1.165) is 132 Å². The molecule has 0 aromatic heterocycles. The fourth-order valence-electron chi connectivity index (χ4n) is 13.5. The number of carbonyl (C=O) groups excluding carboxylic acids is 2. The Balaban J connectivity index is 1.04. The summed E-state index contributed by atoms with van der Waals surface area (Å²) >= 11 is 0. The molecule has 0 spiro atoms. The SMILES string of the molecule is CCCCCCCCCCCCCOC(=O)CCCCCCN(CCCCO)CCCCCC(=O)OC1CCC2(C)C(=CCC3C2CCC2(C)C(C(C)CCCC(C)C)CCC32)C1. The number of hydrogen-bond acceptors (Lipinski definition) is 6. The Morgan fingerprint density at radius 3 is 1.95 bits per heavy atom. The van der Waals surface area contributed by atoms with E-state index in [0.29, 0.717) is 24.9 Å². The van der Waals surface area contributed by atoms with Gasteiger partial charge in [-0.2, -0.15) is 0 Å². The predicted octanol–water partition coefficient (Wildman–Crippen LogP) is 15.4. The van der Waals surface area contributed by atoms with Crippen molar-refractivity contribution >= 4 is 11.9 Å². The summed E-state index contributed by atoms with van der Waals surface area (Å²) in [6.07, 6.45) is 41.5. The van der Waals surface area contributed by atoms with Gasteiger partial charge in [0, 0.05) is 25.9 Å². The molecule has 63 heavy (non-hydrogen) atoms. The fraction of sp³-hybridized carbons (Fsp3) is 0.930. The third-order valence-corrected chi connectivity index (χ3v) is 17.4. The van der Waals surface area contributed by atoms with E-state index in [1.165, 1.54) is 122 Å². The number of nitrogens with zero attached hydrogens (tertiary/aromatic N) is 1. The molecule has 0 radical (unpaired) electrons. The van der Waals surface area contributed by atoms with Gasteiger partial charge in [0.15, 0.2) is 0 Å². The molecule has 8 atom stereocenters. The van der Waals surface area contributed by atoms with Crippen molar-refractivity contribution in [2.75, 3.05) is 32.8 Å². The Labute approximate surface area is 390 Å². The first-order valence-electron chi connectivity index (χ1n) is 27.9. The summed E-state index contributed by atoms with van der Waals surface area (Å²) in [6.45, 7) is 18.8. The summed E-state index contributed by atoms with van der Waals surface area (Å²) in [5, 5.41) is 9.37. The van der Waals surface area contributed by atoms with Crippen LogP contribution in [0.5, 0.6) is 0 Å². The van der Waals surface area contributed by atoms with Crippen molar-refractivity contribution < 1.29 is 24.2 Å². The monoisotopic (exact) mass is 882 g/mol. The number of allylic oxidation sites excluding steroid dienone is 1. The Morgan fingerprint density at radius 2 is 1.29 bits per heavy atom. The number of aliphatic hydroxyl groups is 1. The Kier molecular flexibility index (Phi) is 25.9. The molecule has 3 saturated carbocycles. The molecule has 0 aromatic carbocycles. The smallest absolute Gasteiger partial charge is 0.306 e. The van der Waals surface area contributed by atoms with Crippen LogP contribution in [0.4, 0.5) is 0 Å². The highest BCUT2D eigenvalue weighted by atomic mass is 16.5. The number of rotatable bonds is 35. The van der Waals surface area contributed by atoms with Gasteiger partial charge in [0.1, 0.15) is 6.10 Å². The molecule has 0 heterocycles. The molecule has 6 heteroatoms. The standard InChI is InChI=1S/C57H103NO5/c1-7-8-9-10-11-12-13-14-15-18-26-44-62-54(60)30-20-16-17-22-40-58(42-24-25-43-59)41-23-19-21-31-55(61)63-49-36-38-56(5)48(45-49)32-33-50-52-35-34-51(47(4)29-27-28-46(2)3)57(52,6)39-37-53(50)56/h32,46-47,49-53,59H,7-31,33-45H2,1-6H3. The van der Waals surface area contributed by atoms with Crippen LogP contribution >= 0.6 is 0 Å². The lowest BCUT2D eigenvalue weighted by Gasteiger charge is -2.58. The lowest BCUT2D eigenvalue weighted by atomic mass is 9.47. The molecule has 4 rings (SSSR count). The summed E-state index contributed by atoms with van der Waals surface area (Å²) in [5.41, 5.74) is 2.43. The van der Waals surface area contributed by atoms with Crippen molar-refractivity contribution in [1.82, 2.24) is 4.90 Å². The molecule has 8 unspecified atom stereocenters. The molecule has 1 N–H and O–H groups in total. The van der Waals surface area contributed by atoms with Crippen LogP contribution in [0.15, 0.2) is 11.6 Å². The van der Waals surface area contributed by atoms with Gasteiger partial charge in [-0.05, 0) is 156 Å². The summed E-state index contributed by atoms with van der Waals surface area (Å²) in [4.78, 5) is 27.9. The van der Waals surface area contributed by atoms with Gasteiger partial charge >= 0.3 is 11.9 Å². The largest absolute Gasteiger partial charge is 0.466 e. The van der Waals surface area contributed by atoms with Crippen LogP contribution in [0, 0.1) is 46.3 Å². The van der Waals surface area contributed by atoms with Crippen molar-refractivity contribution in [3.8, 4) is 0 Å². The quantitative estimate of drug-likeness (QED) is 0.0388. The summed E-state index contributed by atoms with van der Waals surface area (Å²) in [5.74, 6) is 5.08. The van der Waals surface area contributed by atoms with E-state index in [1.54, 1.807) is 5.57 Å². The lowest BCUT2D eigenvalue weighted by molar-refractivity contribution is -0.151. The van der Waals surface area contributed by atoms with E-state index in [4.69, 9.17) is 9.47 Å². The second-order valence-electron chi connectivity index (χ2n) is 22.6. The zero-order valence-electron chi connectivity index (χ0n) is 42.5. The van der Waals surface area contributed by atoms with E-state index < -0.39 is 0 Å². The van der Waals surface area contributed by atoms with Crippen LogP contribution < -0.4 is 0 Å². The van der Waals surface area contributed by atoms with Gasteiger partial charge < -0.3 is 19.5 Å². The van der Waals surface area contributed by atoms with Gasteiger partial charge in [-0.1, -0.05) is 156 Å². The first kappa shape index (κ1) is 54.2. The average Bonchev–Trinajstić information content (AvgIpc) is 3.62. The number of aliphatic hydroxyl groups excluding tert-OH is 1. The maximum Gasteiger partial charge on any atom is 0.306 e. The molecule has 0 aliphatic heterocycles. The first-order valence-corrected chi connectivity index (χ1v) is 27.9. The number of fused-ring (bicyclic) bond motifs is 5. The van der Waals surface area contributed by atoms with E-state index in [1.807, 2.05) is 0 Å². The zero-order valence-corrected chi connectivity index (χ0v) is 42.5. The fourth-order valence-corrected chi connectivity index (χ4v) is 13.5. The van der Waals surface area contributed by atoms with Gasteiger partial charge in [-0.25, -0.2) is 0 Å². The second-order valence-corrected chi connectivity index (χ2v) is 22.6. The minimum absolute atomic E-state index is 0.00333. The first-order chi connectivity index (χ1) is 30.5. The van der Waals surface area contributed by atoms with Crippen LogP contribution in [0.2, 0.25) is 0 Å². The maximum atomic E-state index is 13.1. The Hall–Kier alpha value is -1.40. The van der Waals surface area contributed by atoms with Crippen molar-refractivity contribution in [3.63, 3.8) is 0 Å².